The third-order valence-electron chi connectivity index (χ3n) is 2.63. The molecule has 0 amide bonds. The predicted molar refractivity (Wildman–Crippen MR) is 79.4 cm³/mol. The Balaban J connectivity index is 0. The summed E-state index contributed by atoms with van der Waals surface area (Å²) in [5.41, 5.74) is -0.500. The molecule has 3 heteroatoms. The highest BCUT2D eigenvalue weighted by atomic mass is 16.5. The van der Waals surface area contributed by atoms with Crippen molar-refractivity contribution >= 4 is 0 Å². The topological polar surface area (TPSA) is 41.5 Å². The summed E-state index contributed by atoms with van der Waals surface area (Å²) >= 11 is 0. The fourth-order valence-electron chi connectivity index (χ4n) is 1.73. The molecule has 2 N–H and O–H groups in total. The number of nitrogens with one attached hydrogen (secondary N) is 1. The van der Waals surface area contributed by atoms with Gasteiger partial charge in [-0.1, -0.05) is 19.9 Å². The highest BCUT2D eigenvalue weighted by Crippen LogP contribution is 2.41. The molecular weight excluding hydrogens is 226 g/mol. The van der Waals surface area contributed by atoms with E-state index in [-0.39, 0.29) is 12.6 Å². The van der Waals surface area contributed by atoms with Gasteiger partial charge >= 0.3 is 0 Å². The SMILES string of the molecule is C=CCC(O)C1(NC(=C)OC(C)(C)C)CC1.CC.[HH]. The Morgan fingerprint density at radius 2 is 2.00 bits per heavy atom. The Hall–Kier alpha value is -0.960. The highest BCUT2D eigenvalue weighted by molar-refractivity contribution is 5.12. The first kappa shape index (κ1) is 17.0. The Morgan fingerprint density at radius 1 is 1.50 bits per heavy atom. The molecule has 1 atom stereocenters. The molecule has 0 saturated heterocycles. The molecule has 0 aromatic carbocycles. The van der Waals surface area contributed by atoms with Crippen molar-refractivity contribution in [3.8, 4) is 0 Å². The van der Waals surface area contributed by atoms with E-state index in [1.807, 2.05) is 34.6 Å². The van der Waals surface area contributed by atoms with Crippen molar-refractivity contribution in [1.29, 1.82) is 0 Å². The van der Waals surface area contributed by atoms with Crippen LogP contribution in [0.4, 0.5) is 0 Å². The maximum atomic E-state index is 9.96. The molecule has 0 aromatic rings. The number of aliphatic hydroxyl groups is 1. The Labute approximate surface area is 113 Å². The summed E-state index contributed by atoms with van der Waals surface area (Å²) in [5.74, 6) is 0.535. The summed E-state index contributed by atoms with van der Waals surface area (Å²) in [6.45, 7) is 17.4. The molecule has 18 heavy (non-hydrogen) atoms. The normalized spacial score (nSPS) is 17.9. The zero-order valence-electron chi connectivity index (χ0n) is 12.5. The summed E-state index contributed by atoms with van der Waals surface area (Å²) in [4.78, 5) is 0. The molecule has 0 aliphatic heterocycles. The molecule has 0 radical (unpaired) electrons. The van der Waals surface area contributed by atoms with Crippen LogP contribution in [-0.2, 0) is 4.74 Å². The van der Waals surface area contributed by atoms with Crippen molar-refractivity contribution in [3.05, 3.63) is 25.1 Å². The Morgan fingerprint density at radius 3 is 2.33 bits per heavy atom. The van der Waals surface area contributed by atoms with Crippen LogP contribution in [0.1, 0.15) is 55.3 Å². The van der Waals surface area contributed by atoms with Crippen LogP contribution in [0.2, 0.25) is 0 Å². The van der Waals surface area contributed by atoms with Gasteiger partial charge < -0.3 is 15.2 Å². The number of hydrogen-bond donors (Lipinski definition) is 2. The van der Waals surface area contributed by atoms with Gasteiger partial charge in [0.25, 0.3) is 0 Å². The zero-order chi connectivity index (χ0) is 14.4. The lowest BCUT2D eigenvalue weighted by Gasteiger charge is -2.29. The minimum Gasteiger partial charge on any atom is -0.474 e. The van der Waals surface area contributed by atoms with Crippen molar-refractivity contribution < 1.29 is 11.3 Å². The third-order valence-corrected chi connectivity index (χ3v) is 2.63. The Bertz CT molecular complexity index is 280. The van der Waals surface area contributed by atoms with Crippen LogP contribution >= 0.6 is 0 Å². The molecule has 1 aliphatic rings. The van der Waals surface area contributed by atoms with Crippen molar-refractivity contribution in [3.63, 3.8) is 0 Å². The molecule has 1 saturated carbocycles. The number of ether oxygens (including phenoxy) is 1. The zero-order valence-corrected chi connectivity index (χ0v) is 12.5. The van der Waals surface area contributed by atoms with Crippen molar-refractivity contribution in [1.82, 2.24) is 5.32 Å². The first-order valence-electron chi connectivity index (χ1n) is 6.74. The molecule has 3 nitrogen and oxygen atoms in total. The molecule has 1 aliphatic carbocycles. The predicted octanol–water partition coefficient (Wildman–Crippen LogP) is 3.60. The van der Waals surface area contributed by atoms with E-state index in [1.54, 1.807) is 6.08 Å². The van der Waals surface area contributed by atoms with E-state index in [0.717, 1.165) is 12.8 Å². The summed E-state index contributed by atoms with van der Waals surface area (Å²) in [6.07, 6.45) is 3.82. The second-order valence-electron chi connectivity index (χ2n) is 5.46. The molecule has 0 heterocycles. The van der Waals surface area contributed by atoms with E-state index in [4.69, 9.17) is 4.74 Å². The van der Waals surface area contributed by atoms with Gasteiger partial charge in [-0.2, -0.15) is 0 Å². The van der Waals surface area contributed by atoms with E-state index in [2.05, 4.69) is 18.5 Å². The maximum Gasteiger partial charge on any atom is 0.180 e. The van der Waals surface area contributed by atoms with Crippen LogP contribution in [0.3, 0.4) is 0 Å². The number of aliphatic hydroxyl groups excluding tert-OH is 1. The molecule has 0 bridgehead atoms. The second-order valence-corrected chi connectivity index (χ2v) is 5.46. The van der Waals surface area contributed by atoms with Gasteiger partial charge in [0.2, 0.25) is 0 Å². The molecular formula is C15H31NO2. The van der Waals surface area contributed by atoms with Crippen LogP contribution in [0, 0.1) is 0 Å². The van der Waals surface area contributed by atoms with Crippen molar-refractivity contribution in [2.24, 2.45) is 0 Å². The van der Waals surface area contributed by atoms with Gasteiger partial charge in [-0.05, 0) is 46.6 Å². The summed E-state index contributed by atoms with van der Waals surface area (Å²) in [5, 5.41) is 13.2. The van der Waals surface area contributed by atoms with Crippen LogP contribution in [0.5, 0.6) is 0 Å². The first-order chi connectivity index (χ1) is 8.29. The minimum atomic E-state index is -0.412. The van der Waals surface area contributed by atoms with Crippen molar-refractivity contribution in [2.75, 3.05) is 0 Å². The van der Waals surface area contributed by atoms with Gasteiger partial charge in [0.1, 0.15) is 5.60 Å². The maximum absolute atomic E-state index is 9.96. The van der Waals surface area contributed by atoms with E-state index in [0.29, 0.717) is 12.3 Å². The summed E-state index contributed by atoms with van der Waals surface area (Å²) in [6, 6.07) is 0. The molecule has 0 aromatic heterocycles. The first-order valence-corrected chi connectivity index (χ1v) is 6.74. The summed E-state index contributed by atoms with van der Waals surface area (Å²) in [7, 11) is 0. The minimum absolute atomic E-state index is 0. The smallest absolute Gasteiger partial charge is 0.180 e. The van der Waals surface area contributed by atoms with Gasteiger partial charge in [-0.3, -0.25) is 0 Å². The van der Waals surface area contributed by atoms with Gasteiger partial charge in [-0.25, -0.2) is 0 Å². The van der Waals surface area contributed by atoms with E-state index < -0.39 is 6.10 Å². The fraction of sp³-hybridized carbons (Fsp3) is 0.733. The largest absolute Gasteiger partial charge is 0.474 e. The average Bonchev–Trinajstić information content (AvgIpc) is 2.99. The molecule has 108 valence electrons. The fourth-order valence-corrected chi connectivity index (χ4v) is 1.73. The van der Waals surface area contributed by atoms with Gasteiger partial charge in [0.15, 0.2) is 5.88 Å². The lowest BCUT2D eigenvalue weighted by atomic mass is 10.1. The molecule has 1 fully saturated rings. The van der Waals surface area contributed by atoms with Gasteiger partial charge in [0.05, 0.1) is 11.6 Å². The lowest BCUT2D eigenvalue weighted by molar-refractivity contribution is 0.0259. The molecule has 0 spiro atoms. The highest BCUT2D eigenvalue weighted by Gasteiger charge is 2.49. The number of rotatable bonds is 6. The second kappa shape index (κ2) is 6.83. The van der Waals surface area contributed by atoms with Crippen LogP contribution in [0.25, 0.3) is 0 Å². The Kier molecular flexibility index (Phi) is 6.47. The van der Waals surface area contributed by atoms with Crippen LogP contribution in [-0.4, -0.2) is 22.4 Å². The lowest BCUT2D eigenvalue weighted by Crippen LogP contribution is -2.43. The van der Waals surface area contributed by atoms with E-state index in [9.17, 15) is 5.11 Å². The average molecular weight is 257 g/mol. The quantitative estimate of drug-likeness (QED) is 0.564. The van der Waals surface area contributed by atoms with E-state index in [1.165, 1.54) is 0 Å². The van der Waals surface area contributed by atoms with Crippen LogP contribution < -0.4 is 5.32 Å². The van der Waals surface area contributed by atoms with Gasteiger partial charge in [0, 0.05) is 1.43 Å². The molecule has 1 unspecified atom stereocenters. The monoisotopic (exact) mass is 257 g/mol. The van der Waals surface area contributed by atoms with E-state index >= 15 is 0 Å². The standard InChI is InChI=1S/C13H23NO2.C2H6.H2/c1-6-7-11(15)13(8-9-13)14-10(2)16-12(3,4)5;1-2;/h6,11,14-15H,1-2,7-9H2,3-5H3;1-2H3;1H. The number of hydrogen-bond acceptors (Lipinski definition) is 3. The van der Waals surface area contributed by atoms with Gasteiger partial charge in [-0.15, -0.1) is 6.58 Å². The summed E-state index contributed by atoms with van der Waals surface area (Å²) < 4.78 is 5.60. The van der Waals surface area contributed by atoms with Crippen molar-refractivity contribution in [2.45, 2.75) is 71.1 Å². The third kappa shape index (κ3) is 5.58. The molecule has 1 rings (SSSR count). The van der Waals surface area contributed by atoms with Crippen LogP contribution in [0.15, 0.2) is 25.1 Å².